The van der Waals surface area contributed by atoms with Crippen LogP contribution in [0.1, 0.15) is 0 Å². The maximum absolute atomic E-state index is 12.0. The Labute approximate surface area is 59.9 Å². The van der Waals surface area contributed by atoms with Crippen LogP contribution in [-0.4, -0.2) is 24.2 Å². The van der Waals surface area contributed by atoms with Gasteiger partial charge in [0, 0.05) is 0 Å². The first kappa shape index (κ1) is 9.29. The van der Waals surface area contributed by atoms with Crippen LogP contribution >= 0.6 is 11.6 Å². The summed E-state index contributed by atoms with van der Waals surface area (Å²) in [7, 11) is 0.732. The number of esters is 1. The monoisotopic (exact) mass is 172 g/mol. The minimum absolute atomic E-state index is 0.732. The first-order valence-electron chi connectivity index (χ1n) is 2.09. The van der Waals surface area contributed by atoms with Crippen molar-refractivity contribution in [2.75, 3.05) is 7.11 Å². The Bertz CT molecular complexity index is 168. The normalized spacial score (nSPS) is 10.8. The van der Waals surface area contributed by atoms with E-state index in [0.29, 0.717) is 0 Å². The van der Waals surface area contributed by atoms with E-state index in [1.165, 1.54) is 0 Å². The molecule has 10 heavy (non-hydrogen) atoms. The van der Waals surface area contributed by atoms with Crippen molar-refractivity contribution in [3.63, 3.8) is 0 Å². The van der Waals surface area contributed by atoms with E-state index in [-0.39, 0.29) is 0 Å². The molecule has 0 radical (unpaired) electrons. The molecule has 0 saturated heterocycles. The van der Waals surface area contributed by atoms with Gasteiger partial charge in [-0.15, -0.1) is 0 Å². The zero-order chi connectivity index (χ0) is 8.36. The molecule has 0 bridgehead atoms. The van der Waals surface area contributed by atoms with Crippen molar-refractivity contribution < 1.29 is 23.1 Å². The van der Waals surface area contributed by atoms with Crippen LogP contribution < -0.4 is 0 Å². The highest BCUT2D eigenvalue weighted by Gasteiger charge is 2.47. The number of hydrogen-bond donors (Lipinski definition) is 0. The summed E-state index contributed by atoms with van der Waals surface area (Å²) in [6, 6.07) is 0. The number of halogens is 3. The van der Waals surface area contributed by atoms with Gasteiger partial charge in [0.05, 0.1) is 7.11 Å². The highest BCUT2D eigenvalue weighted by molar-refractivity contribution is 6.67. The molecule has 0 aromatic rings. The number of rotatable bonds is 2. The predicted molar refractivity (Wildman–Crippen MR) is 27.8 cm³/mol. The first-order chi connectivity index (χ1) is 4.42. The first-order valence-corrected chi connectivity index (χ1v) is 2.47. The maximum atomic E-state index is 12.0. The number of methoxy groups -OCH3 is 1. The Morgan fingerprint density at radius 3 is 2.00 bits per heavy atom. The second-order valence-corrected chi connectivity index (χ2v) is 1.68. The highest BCUT2D eigenvalue weighted by atomic mass is 35.5. The number of carbonyl (C=O) groups is 2. The van der Waals surface area contributed by atoms with Crippen LogP contribution in [0.3, 0.4) is 0 Å². The quantitative estimate of drug-likeness (QED) is 0.347. The van der Waals surface area contributed by atoms with Crippen molar-refractivity contribution in [1.82, 2.24) is 0 Å². The van der Waals surface area contributed by atoms with E-state index in [0.717, 1.165) is 7.11 Å². The molecule has 0 saturated carbocycles. The van der Waals surface area contributed by atoms with Crippen LogP contribution in [0.25, 0.3) is 0 Å². The number of carbonyl (C=O) groups excluding carboxylic acids is 2. The van der Waals surface area contributed by atoms with Gasteiger partial charge in [0.15, 0.2) is 0 Å². The lowest BCUT2D eigenvalue weighted by atomic mass is 10.4. The van der Waals surface area contributed by atoms with Crippen LogP contribution in [-0.2, 0) is 14.3 Å². The molecule has 0 amide bonds. The van der Waals surface area contributed by atoms with Crippen molar-refractivity contribution in [3.8, 4) is 0 Å². The molecular formula is C4H3ClF2O3. The van der Waals surface area contributed by atoms with Gasteiger partial charge in [-0.05, 0) is 11.6 Å². The summed E-state index contributed by atoms with van der Waals surface area (Å²) < 4.78 is 27.6. The summed E-state index contributed by atoms with van der Waals surface area (Å²) in [5.74, 6) is -6.18. The standard InChI is InChI=1S/C4H3ClF2O3/c1-10-3(9)4(6,7)2(5)8/h1H3. The average Bonchev–Trinajstić information content (AvgIpc) is 1.86. The molecule has 0 heterocycles. The Kier molecular flexibility index (Phi) is 2.71. The third-order valence-corrected chi connectivity index (χ3v) is 0.926. The zero-order valence-corrected chi connectivity index (χ0v) is 5.61. The van der Waals surface area contributed by atoms with Gasteiger partial charge in [-0.1, -0.05) is 0 Å². The summed E-state index contributed by atoms with van der Waals surface area (Å²) >= 11 is 4.35. The molecule has 0 aromatic carbocycles. The zero-order valence-electron chi connectivity index (χ0n) is 4.86. The van der Waals surface area contributed by atoms with Crippen LogP contribution in [0, 0.1) is 0 Å². The number of alkyl halides is 2. The fraction of sp³-hybridized carbons (Fsp3) is 0.500. The summed E-state index contributed by atoms with van der Waals surface area (Å²) in [5.41, 5.74) is 0. The van der Waals surface area contributed by atoms with E-state index in [4.69, 9.17) is 0 Å². The van der Waals surface area contributed by atoms with Gasteiger partial charge in [-0.25, -0.2) is 4.79 Å². The van der Waals surface area contributed by atoms with Crippen molar-refractivity contribution in [2.45, 2.75) is 5.92 Å². The van der Waals surface area contributed by atoms with Crippen LogP contribution in [0.5, 0.6) is 0 Å². The van der Waals surface area contributed by atoms with Gasteiger partial charge in [0.2, 0.25) is 0 Å². The minimum atomic E-state index is -4.23. The Morgan fingerprint density at radius 2 is 1.90 bits per heavy atom. The Morgan fingerprint density at radius 1 is 1.50 bits per heavy atom. The summed E-state index contributed by atoms with van der Waals surface area (Å²) in [6.45, 7) is 0. The van der Waals surface area contributed by atoms with E-state index in [1.54, 1.807) is 0 Å². The molecule has 0 N–H and O–H groups in total. The lowest BCUT2D eigenvalue weighted by molar-refractivity contribution is -0.170. The van der Waals surface area contributed by atoms with Crippen molar-refractivity contribution in [2.24, 2.45) is 0 Å². The molecule has 0 spiro atoms. The van der Waals surface area contributed by atoms with E-state index < -0.39 is 17.1 Å². The minimum Gasteiger partial charge on any atom is -0.464 e. The fourth-order valence-corrected chi connectivity index (χ4v) is 0.286. The fourth-order valence-electron chi connectivity index (χ4n) is 0.208. The molecule has 0 atom stereocenters. The van der Waals surface area contributed by atoms with Crippen LogP contribution in [0.4, 0.5) is 8.78 Å². The molecule has 58 valence electrons. The van der Waals surface area contributed by atoms with Gasteiger partial charge in [-0.2, -0.15) is 8.78 Å². The maximum Gasteiger partial charge on any atom is 0.414 e. The topological polar surface area (TPSA) is 43.4 Å². The average molecular weight is 173 g/mol. The third-order valence-electron chi connectivity index (χ3n) is 0.689. The lowest BCUT2D eigenvalue weighted by Crippen LogP contribution is -2.35. The van der Waals surface area contributed by atoms with E-state index in [2.05, 4.69) is 16.3 Å². The lowest BCUT2D eigenvalue weighted by Gasteiger charge is -2.06. The molecule has 3 nitrogen and oxygen atoms in total. The van der Waals surface area contributed by atoms with Crippen molar-refractivity contribution >= 4 is 22.8 Å². The van der Waals surface area contributed by atoms with Crippen LogP contribution in [0.15, 0.2) is 0 Å². The van der Waals surface area contributed by atoms with E-state index in [1.807, 2.05) is 0 Å². The van der Waals surface area contributed by atoms with Crippen LogP contribution in [0.2, 0.25) is 0 Å². The molecule has 0 aliphatic carbocycles. The molecule has 0 rings (SSSR count). The molecular weight excluding hydrogens is 169 g/mol. The van der Waals surface area contributed by atoms with E-state index in [9.17, 15) is 18.4 Å². The second kappa shape index (κ2) is 2.92. The number of hydrogen-bond acceptors (Lipinski definition) is 3. The Hall–Kier alpha value is -0.710. The van der Waals surface area contributed by atoms with Gasteiger partial charge < -0.3 is 4.74 Å². The second-order valence-electron chi connectivity index (χ2n) is 1.34. The number of ether oxygens (including phenoxy) is 1. The molecule has 6 heteroatoms. The third kappa shape index (κ3) is 1.63. The van der Waals surface area contributed by atoms with Gasteiger partial charge in [0.25, 0.3) is 0 Å². The van der Waals surface area contributed by atoms with Gasteiger partial charge >= 0.3 is 17.1 Å². The van der Waals surface area contributed by atoms with Crippen molar-refractivity contribution in [3.05, 3.63) is 0 Å². The van der Waals surface area contributed by atoms with Gasteiger partial charge in [-0.3, -0.25) is 4.79 Å². The largest absolute Gasteiger partial charge is 0.464 e. The summed E-state index contributed by atoms with van der Waals surface area (Å²) in [5, 5.41) is -2.04. The smallest absolute Gasteiger partial charge is 0.414 e. The SMILES string of the molecule is COC(=O)C(F)(F)C(=O)Cl. The van der Waals surface area contributed by atoms with E-state index >= 15 is 0 Å². The molecule has 0 aliphatic heterocycles. The highest BCUT2D eigenvalue weighted by Crippen LogP contribution is 2.18. The molecule has 0 aliphatic rings. The summed E-state index contributed by atoms with van der Waals surface area (Å²) in [4.78, 5) is 19.8. The summed E-state index contributed by atoms with van der Waals surface area (Å²) in [6.07, 6.45) is 0. The molecule has 0 unspecified atom stereocenters. The molecule has 0 aromatic heterocycles. The van der Waals surface area contributed by atoms with Gasteiger partial charge in [0.1, 0.15) is 0 Å². The molecule has 0 fully saturated rings. The Balaban J connectivity index is 4.40. The predicted octanol–water partition coefficient (Wildman–Crippen LogP) is 0.560. The van der Waals surface area contributed by atoms with Crippen molar-refractivity contribution in [1.29, 1.82) is 0 Å².